The van der Waals surface area contributed by atoms with Crippen molar-refractivity contribution in [2.75, 3.05) is 30.3 Å². The summed E-state index contributed by atoms with van der Waals surface area (Å²) in [6.07, 6.45) is 1.26. The van der Waals surface area contributed by atoms with Crippen molar-refractivity contribution in [3.8, 4) is 0 Å². The first kappa shape index (κ1) is 15.7. The molecular weight excluding hydrogens is 264 g/mol. The molecule has 20 heavy (non-hydrogen) atoms. The lowest BCUT2D eigenvalue weighted by Gasteiger charge is -2.25. The number of thioether (sulfide) groups is 1. The Morgan fingerprint density at radius 1 is 1.30 bits per heavy atom. The van der Waals surface area contributed by atoms with Crippen molar-refractivity contribution in [3.63, 3.8) is 0 Å². The van der Waals surface area contributed by atoms with Gasteiger partial charge in [-0.15, -0.1) is 0 Å². The van der Waals surface area contributed by atoms with Crippen LogP contribution in [0.4, 0.5) is 5.69 Å². The van der Waals surface area contributed by atoms with Gasteiger partial charge in [-0.1, -0.05) is 26.8 Å². The SMILES string of the molecule is CCNCc1ccc(N2CCSC(C)(C)CC2)cc1C. The molecule has 0 amide bonds. The molecule has 1 saturated heterocycles. The topological polar surface area (TPSA) is 15.3 Å². The van der Waals surface area contributed by atoms with Gasteiger partial charge in [0, 0.05) is 35.8 Å². The first-order chi connectivity index (χ1) is 9.52. The predicted molar refractivity (Wildman–Crippen MR) is 91.9 cm³/mol. The Kier molecular flexibility index (Phi) is 5.39. The van der Waals surface area contributed by atoms with E-state index < -0.39 is 0 Å². The fraction of sp³-hybridized carbons (Fsp3) is 0.647. The number of hydrogen-bond acceptors (Lipinski definition) is 3. The highest BCUT2D eigenvalue weighted by Gasteiger charge is 2.23. The average molecular weight is 292 g/mol. The molecule has 2 rings (SSSR count). The highest BCUT2D eigenvalue weighted by Crippen LogP contribution is 2.32. The van der Waals surface area contributed by atoms with Gasteiger partial charge in [0.2, 0.25) is 0 Å². The summed E-state index contributed by atoms with van der Waals surface area (Å²) in [4.78, 5) is 2.55. The summed E-state index contributed by atoms with van der Waals surface area (Å²) in [5.74, 6) is 1.23. The van der Waals surface area contributed by atoms with Crippen molar-refractivity contribution in [3.05, 3.63) is 29.3 Å². The molecule has 1 N–H and O–H groups in total. The van der Waals surface area contributed by atoms with Crippen LogP contribution in [0.3, 0.4) is 0 Å². The molecule has 1 heterocycles. The third-order valence-electron chi connectivity index (χ3n) is 4.09. The maximum Gasteiger partial charge on any atom is 0.0369 e. The molecule has 1 fully saturated rings. The monoisotopic (exact) mass is 292 g/mol. The molecule has 2 nitrogen and oxygen atoms in total. The van der Waals surface area contributed by atoms with Crippen LogP contribution in [0, 0.1) is 6.92 Å². The number of nitrogens with one attached hydrogen (secondary N) is 1. The van der Waals surface area contributed by atoms with Crippen LogP contribution in [0.5, 0.6) is 0 Å². The second kappa shape index (κ2) is 6.86. The molecule has 3 heteroatoms. The largest absolute Gasteiger partial charge is 0.371 e. The summed E-state index contributed by atoms with van der Waals surface area (Å²) in [5.41, 5.74) is 4.21. The van der Waals surface area contributed by atoms with Gasteiger partial charge in [0.15, 0.2) is 0 Å². The summed E-state index contributed by atoms with van der Waals surface area (Å²) in [6.45, 7) is 13.5. The van der Waals surface area contributed by atoms with Crippen molar-refractivity contribution in [1.29, 1.82) is 0 Å². The molecule has 1 aliphatic rings. The van der Waals surface area contributed by atoms with Crippen molar-refractivity contribution >= 4 is 17.4 Å². The average Bonchev–Trinajstić information content (AvgIpc) is 2.58. The Hall–Kier alpha value is -0.670. The minimum atomic E-state index is 0.425. The predicted octanol–water partition coefficient (Wildman–Crippen LogP) is 3.83. The third kappa shape index (κ3) is 4.16. The molecule has 0 aromatic heterocycles. The molecular formula is C17H28N2S. The minimum Gasteiger partial charge on any atom is -0.371 e. The number of benzene rings is 1. The summed E-state index contributed by atoms with van der Waals surface area (Å²) in [6, 6.07) is 6.94. The lowest BCUT2D eigenvalue weighted by atomic mass is 10.1. The molecule has 0 aliphatic carbocycles. The molecule has 0 radical (unpaired) electrons. The third-order valence-corrected chi connectivity index (χ3v) is 5.47. The van der Waals surface area contributed by atoms with Crippen LogP contribution < -0.4 is 10.2 Å². The highest BCUT2D eigenvalue weighted by molar-refractivity contribution is 8.00. The van der Waals surface area contributed by atoms with Crippen LogP contribution >= 0.6 is 11.8 Å². The molecule has 0 saturated carbocycles. The maximum atomic E-state index is 3.41. The van der Waals surface area contributed by atoms with Gasteiger partial charge in [-0.25, -0.2) is 0 Å². The van der Waals surface area contributed by atoms with Crippen LogP contribution in [0.25, 0.3) is 0 Å². The van der Waals surface area contributed by atoms with E-state index in [0.29, 0.717) is 4.75 Å². The lowest BCUT2D eigenvalue weighted by molar-refractivity contribution is 0.637. The zero-order valence-electron chi connectivity index (χ0n) is 13.3. The standard InChI is InChI=1S/C17H28N2S/c1-5-18-13-15-6-7-16(12-14(15)2)19-9-8-17(3,4)20-11-10-19/h6-7,12,18H,5,8-11,13H2,1-4H3. The van der Waals surface area contributed by atoms with Crippen LogP contribution in [0.1, 0.15) is 38.3 Å². The highest BCUT2D eigenvalue weighted by atomic mass is 32.2. The van der Waals surface area contributed by atoms with Gasteiger partial charge in [-0.2, -0.15) is 11.8 Å². The van der Waals surface area contributed by atoms with Crippen molar-refractivity contribution in [1.82, 2.24) is 5.32 Å². The lowest BCUT2D eigenvalue weighted by Crippen LogP contribution is -2.27. The maximum absolute atomic E-state index is 3.41. The second-order valence-electron chi connectivity index (χ2n) is 6.24. The minimum absolute atomic E-state index is 0.425. The van der Waals surface area contributed by atoms with Gasteiger partial charge < -0.3 is 10.2 Å². The number of anilines is 1. The van der Waals surface area contributed by atoms with Crippen LogP contribution in [-0.4, -0.2) is 30.1 Å². The van der Waals surface area contributed by atoms with Gasteiger partial charge in [0.05, 0.1) is 0 Å². The zero-order chi connectivity index (χ0) is 14.6. The molecule has 112 valence electrons. The molecule has 1 aromatic carbocycles. The molecule has 0 atom stereocenters. The van der Waals surface area contributed by atoms with Crippen molar-refractivity contribution < 1.29 is 0 Å². The Morgan fingerprint density at radius 3 is 2.80 bits per heavy atom. The molecule has 0 unspecified atom stereocenters. The van der Waals surface area contributed by atoms with Gasteiger partial charge in [0.25, 0.3) is 0 Å². The first-order valence-corrected chi connectivity index (χ1v) is 8.69. The van der Waals surface area contributed by atoms with Crippen LogP contribution in [0.2, 0.25) is 0 Å². The molecule has 1 aliphatic heterocycles. The van der Waals surface area contributed by atoms with Gasteiger partial charge in [-0.05, 0) is 43.1 Å². The van der Waals surface area contributed by atoms with Crippen LogP contribution in [-0.2, 0) is 6.54 Å². The summed E-state index contributed by atoms with van der Waals surface area (Å²) in [7, 11) is 0. The summed E-state index contributed by atoms with van der Waals surface area (Å²) >= 11 is 2.11. The van der Waals surface area contributed by atoms with Gasteiger partial charge in [0.1, 0.15) is 0 Å². The summed E-state index contributed by atoms with van der Waals surface area (Å²) in [5, 5.41) is 3.41. The van der Waals surface area contributed by atoms with E-state index in [1.165, 1.54) is 42.1 Å². The fourth-order valence-corrected chi connectivity index (χ4v) is 3.71. The van der Waals surface area contributed by atoms with Crippen molar-refractivity contribution in [2.45, 2.75) is 45.4 Å². The smallest absolute Gasteiger partial charge is 0.0369 e. The fourth-order valence-electron chi connectivity index (χ4n) is 2.61. The van der Waals surface area contributed by atoms with E-state index in [-0.39, 0.29) is 0 Å². The number of rotatable bonds is 4. The Bertz CT molecular complexity index is 443. The van der Waals surface area contributed by atoms with E-state index in [4.69, 9.17) is 0 Å². The quantitative estimate of drug-likeness (QED) is 0.908. The Labute approximate surface area is 128 Å². The van der Waals surface area contributed by atoms with E-state index >= 15 is 0 Å². The van der Waals surface area contributed by atoms with E-state index in [9.17, 15) is 0 Å². The van der Waals surface area contributed by atoms with E-state index in [1.54, 1.807) is 0 Å². The Morgan fingerprint density at radius 2 is 2.10 bits per heavy atom. The van der Waals surface area contributed by atoms with Crippen LogP contribution in [0.15, 0.2) is 18.2 Å². The zero-order valence-corrected chi connectivity index (χ0v) is 14.1. The first-order valence-electron chi connectivity index (χ1n) is 7.71. The normalized spacial score (nSPS) is 18.9. The van der Waals surface area contributed by atoms with Crippen molar-refractivity contribution in [2.24, 2.45) is 0 Å². The number of nitrogens with zero attached hydrogens (tertiary/aromatic N) is 1. The summed E-state index contributed by atoms with van der Waals surface area (Å²) < 4.78 is 0.425. The number of hydrogen-bond donors (Lipinski definition) is 1. The molecule has 1 aromatic rings. The second-order valence-corrected chi connectivity index (χ2v) is 8.04. The van der Waals surface area contributed by atoms with E-state index in [2.05, 4.69) is 67.9 Å². The number of aryl methyl sites for hydroxylation is 1. The van der Waals surface area contributed by atoms with E-state index in [1.807, 2.05) is 0 Å². The molecule has 0 spiro atoms. The van der Waals surface area contributed by atoms with Gasteiger partial charge in [-0.3, -0.25) is 0 Å². The Balaban J connectivity index is 2.07. The van der Waals surface area contributed by atoms with Gasteiger partial charge >= 0.3 is 0 Å². The molecule has 0 bridgehead atoms. The van der Waals surface area contributed by atoms with E-state index in [0.717, 1.165) is 13.1 Å².